The number of hydrogen-bond donors (Lipinski definition) is 2. The number of phenolic OH excluding ortho intramolecular Hbond substituents is 1. The number of phenols is 1. The lowest BCUT2D eigenvalue weighted by molar-refractivity contribution is 0.207. The molecule has 2 aromatic carbocycles. The van der Waals surface area contributed by atoms with Crippen LogP contribution in [0.2, 0.25) is 0 Å². The number of para-hydroxylation sites is 1. The molecule has 0 aliphatic carbocycles. The molecule has 0 aliphatic heterocycles. The van der Waals surface area contributed by atoms with Gasteiger partial charge in [0.05, 0.1) is 6.04 Å². The molecule has 0 heterocycles. The van der Waals surface area contributed by atoms with E-state index < -0.39 is 0 Å². The predicted molar refractivity (Wildman–Crippen MR) is 84.5 cm³/mol. The van der Waals surface area contributed by atoms with Gasteiger partial charge in [-0.05, 0) is 37.6 Å². The first-order chi connectivity index (χ1) is 9.99. The van der Waals surface area contributed by atoms with Crippen LogP contribution in [-0.4, -0.2) is 23.1 Å². The number of nitrogens with one attached hydrogen (secondary N) is 1. The first kappa shape index (κ1) is 14.9. The van der Waals surface area contributed by atoms with Crippen LogP contribution in [0.5, 0.6) is 5.75 Å². The van der Waals surface area contributed by atoms with Gasteiger partial charge in [0, 0.05) is 18.3 Å². The van der Waals surface area contributed by atoms with Crippen LogP contribution in [0.4, 0.5) is 10.5 Å². The van der Waals surface area contributed by atoms with Gasteiger partial charge in [-0.2, -0.15) is 0 Å². The second-order valence-electron chi connectivity index (χ2n) is 5.15. The maximum absolute atomic E-state index is 12.3. The average molecular weight is 284 g/mol. The van der Waals surface area contributed by atoms with Crippen LogP contribution in [0.25, 0.3) is 0 Å². The van der Waals surface area contributed by atoms with Gasteiger partial charge >= 0.3 is 6.03 Å². The van der Waals surface area contributed by atoms with Crippen molar-refractivity contribution in [1.82, 2.24) is 4.90 Å². The molecule has 0 saturated carbocycles. The van der Waals surface area contributed by atoms with Crippen LogP contribution in [0, 0.1) is 6.92 Å². The van der Waals surface area contributed by atoms with Gasteiger partial charge in [0.2, 0.25) is 0 Å². The number of urea groups is 1. The Labute approximate surface area is 125 Å². The second-order valence-corrected chi connectivity index (χ2v) is 5.15. The predicted octanol–water partition coefficient (Wildman–Crippen LogP) is 3.93. The van der Waals surface area contributed by atoms with Gasteiger partial charge in [0.1, 0.15) is 5.75 Å². The largest absolute Gasteiger partial charge is 0.508 e. The number of amides is 2. The van der Waals surface area contributed by atoms with E-state index in [2.05, 4.69) is 5.32 Å². The molecule has 4 nitrogen and oxygen atoms in total. The molecule has 1 atom stereocenters. The highest BCUT2D eigenvalue weighted by atomic mass is 16.3. The van der Waals surface area contributed by atoms with Gasteiger partial charge in [-0.15, -0.1) is 0 Å². The summed E-state index contributed by atoms with van der Waals surface area (Å²) < 4.78 is 0. The molecular weight excluding hydrogens is 264 g/mol. The molecule has 2 N–H and O–H groups in total. The summed E-state index contributed by atoms with van der Waals surface area (Å²) in [6.07, 6.45) is 0. The van der Waals surface area contributed by atoms with Crippen molar-refractivity contribution < 1.29 is 9.90 Å². The molecule has 0 aromatic heterocycles. The average Bonchev–Trinajstić information content (AvgIpc) is 2.46. The fourth-order valence-electron chi connectivity index (χ4n) is 2.16. The van der Waals surface area contributed by atoms with Crippen LogP contribution in [0.15, 0.2) is 48.5 Å². The van der Waals surface area contributed by atoms with Gasteiger partial charge < -0.3 is 15.3 Å². The lowest BCUT2D eigenvalue weighted by Gasteiger charge is -2.26. The lowest BCUT2D eigenvalue weighted by atomic mass is 10.1. The second kappa shape index (κ2) is 6.31. The highest BCUT2D eigenvalue weighted by molar-refractivity contribution is 5.89. The van der Waals surface area contributed by atoms with Gasteiger partial charge in [-0.25, -0.2) is 4.79 Å². The topological polar surface area (TPSA) is 52.6 Å². The third kappa shape index (κ3) is 3.54. The fourth-order valence-corrected chi connectivity index (χ4v) is 2.16. The van der Waals surface area contributed by atoms with Crippen LogP contribution < -0.4 is 5.32 Å². The molecule has 0 spiro atoms. The Kier molecular flexibility index (Phi) is 4.48. The number of carbonyl (C=O) groups is 1. The van der Waals surface area contributed by atoms with E-state index >= 15 is 0 Å². The Morgan fingerprint density at radius 2 is 1.90 bits per heavy atom. The minimum Gasteiger partial charge on any atom is -0.508 e. The minimum absolute atomic E-state index is 0.195. The first-order valence-electron chi connectivity index (χ1n) is 6.87. The maximum Gasteiger partial charge on any atom is 0.322 e. The van der Waals surface area contributed by atoms with Crippen molar-refractivity contribution in [3.05, 3.63) is 59.7 Å². The Morgan fingerprint density at radius 3 is 2.57 bits per heavy atom. The maximum atomic E-state index is 12.3. The molecule has 21 heavy (non-hydrogen) atoms. The van der Waals surface area contributed by atoms with Crippen LogP contribution >= 0.6 is 0 Å². The minimum atomic E-state index is -0.226. The van der Waals surface area contributed by atoms with E-state index in [0.717, 1.165) is 16.8 Å². The SMILES string of the molecule is Cc1cccc(NC(=O)N(C)[C@H](C)c2ccccc2O)c1. The number of aryl methyl sites for hydroxylation is 1. The van der Waals surface area contributed by atoms with Crippen LogP contribution in [0.1, 0.15) is 24.1 Å². The molecule has 0 aliphatic rings. The summed E-state index contributed by atoms with van der Waals surface area (Å²) in [4.78, 5) is 13.8. The molecule has 110 valence electrons. The molecule has 0 unspecified atom stereocenters. The van der Waals surface area contributed by atoms with E-state index in [1.54, 1.807) is 24.1 Å². The van der Waals surface area contributed by atoms with E-state index in [1.807, 2.05) is 50.2 Å². The zero-order valence-corrected chi connectivity index (χ0v) is 12.5. The smallest absolute Gasteiger partial charge is 0.322 e. The van der Waals surface area contributed by atoms with Gasteiger partial charge in [-0.1, -0.05) is 30.3 Å². The van der Waals surface area contributed by atoms with E-state index in [4.69, 9.17) is 0 Å². The van der Waals surface area contributed by atoms with E-state index in [1.165, 1.54) is 0 Å². The molecule has 0 bridgehead atoms. The lowest BCUT2D eigenvalue weighted by Crippen LogP contribution is -2.33. The van der Waals surface area contributed by atoms with Gasteiger partial charge in [-0.3, -0.25) is 0 Å². The van der Waals surface area contributed by atoms with Crippen LogP contribution in [0.3, 0.4) is 0 Å². The van der Waals surface area contributed by atoms with Crippen molar-refractivity contribution in [1.29, 1.82) is 0 Å². The van der Waals surface area contributed by atoms with Crippen molar-refractivity contribution in [2.75, 3.05) is 12.4 Å². The van der Waals surface area contributed by atoms with E-state index in [0.29, 0.717) is 0 Å². The highest BCUT2D eigenvalue weighted by Gasteiger charge is 2.19. The van der Waals surface area contributed by atoms with Crippen molar-refractivity contribution in [2.45, 2.75) is 19.9 Å². The number of aromatic hydroxyl groups is 1. The monoisotopic (exact) mass is 284 g/mol. The van der Waals surface area contributed by atoms with Gasteiger partial charge in [0.25, 0.3) is 0 Å². The number of carbonyl (C=O) groups excluding carboxylic acids is 1. The first-order valence-corrected chi connectivity index (χ1v) is 6.87. The number of anilines is 1. The molecule has 0 radical (unpaired) electrons. The molecule has 0 saturated heterocycles. The Hall–Kier alpha value is -2.49. The highest BCUT2D eigenvalue weighted by Crippen LogP contribution is 2.27. The fraction of sp³-hybridized carbons (Fsp3) is 0.235. The van der Waals surface area contributed by atoms with E-state index in [9.17, 15) is 9.90 Å². The number of nitrogens with zero attached hydrogens (tertiary/aromatic N) is 1. The molecule has 2 aromatic rings. The summed E-state index contributed by atoms with van der Waals surface area (Å²) in [6, 6.07) is 14.2. The van der Waals surface area contributed by atoms with Crippen molar-refractivity contribution in [3.8, 4) is 5.75 Å². The molecule has 4 heteroatoms. The summed E-state index contributed by atoms with van der Waals surface area (Å²) in [5.41, 5.74) is 2.57. The molecular formula is C17H20N2O2. The van der Waals surface area contributed by atoms with Crippen molar-refractivity contribution in [2.24, 2.45) is 0 Å². The third-order valence-electron chi connectivity index (χ3n) is 3.56. The quantitative estimate of drug-likeness (QED) is 0.897. The van der Waals surface area contributed by atoms with E-state index in [-0.39, 0.29) is 17.8 Å². The summed E-state index contributed by atoms with van der Waals surface area (Å²) in [6.45, 7) is 3.86. The Balaban J connectivity index is 2.10. The molecule has 0 fully saturated rings. The standard InChI is InChI=1S/C17H20N2O2/c1-12-7-6-8-14(11-12)18-17(21)19(3)13(2)15-9-4-5-10-16(15)20/h4-11,13,20H,1-3H3,(H,18,21)/t13-/m1/s1. The summed E-state index contributed by atoms with van der Waals surface area (Å²) in [5, 5.41) is 12.7. The Morgan fingerprint density at radius 1 is 1.19 bits per heavy atom. The normalized spacial score (nSPS) is 11.8. The summed E-state index contributed by atoms with van der Waals surface area (Å²) in [5.74, 6) is 0.195. The Bertz CT molecular complexity index is 640. The zero-order valence-electron chi connectivity index (χ0n) is 12.5. The molecule has 2 rings (SSSR count). The number of benzene rings is 2. The summed E-state index contributed by atoms with van der Waals surface area (Å²) in [7, 11) is 1.71. The zero-order chi connectivity index (χ0) is 15.4. The van der Waals surface area contributed by atoms with Crippen molar-refractivity contribution >= 4 is 11.7 Å². The summed E-state index contributed by atoms with van der Waals surface area (Å²) >= 11 is 0. The van der Waals surface area contributed by atoms with Crippen LogP contribution in [-0.2, 0) is 0 Å². The molecule has 2 amide bonds. The number of hydrogen-bond acceptors (Lipinski definition) is 2. The third-order valence-corrected chi connectivity index (χ3v) is 3.56. The number of rotatable bonds is 3. The van der Waals surface area contributed by atoms with Crippen molar-refractivity contribution in [3.63, 3.8) is 0 Å². The van der Waals surface area contributed by atoms with Gasteiger partial charge in [0.15, 0.2) is 0 Å².